The van der Waals surface area contributed by atoms with Crippen molar-refractivity contribution in [3.05, 3.63) is 44.4 Å². The molecule has 1 heterocycles. The minimum Gasteiger partial charge on any atom is -0.450 e. The van der Waals surface area contributed by atoms with Crippen molar-refractivity contribution in [2.75, 3.05) is 0 Å². The van der Waals surface area contributed by atoms with Gasteiger partial charge in [0.2, 0.25) is 0 Å². The minimum absolute atomic E-state index is 0.147. The smallest absolute Gasteiger partial charge is 0.416 e. The lowest BCUT2D eigenvalue weighted by Crippen LogP contribution is -2.20. The Morgan fingerprint density at radius 1 is 1.20 bits per heavy atom. The van der Waals surface area contributed by atoms with E-state index in [1.165, 1.54) is 0 Å². The SMILES string of the molecule is O=C1OC([C@H](O)c2ccc(C(F)(F)F)cc2)C(Br)=C1Br. The molecular formula is C12H7Br2F3O3. The molecule has 2 rings (SSSR count). The number of hydrogen-bond acceptors (Lipinski definition) is 3. The molecule has 0 bridgehead atoms. The Morgan fingerprint density at radius 2 is 1.75 bits per heavy atom. The Kier molecular flexibility index (Phi) is 4.27. The summed E-state index contributed by atoms with van der Waals surface area (Å²) in [4.78, 5) is 11.3. The highest BCUT2D eigenvalue weighted by atomic mass is 79.9. The van der Waals surface area contributed by atoms with E-state index >= 15 is 0 Å². The molecule has 0 spiro atoms. The van der Waals surface area contributed by atoms with Crippen molar-refractivity contribution < 1.29 is 27.8 Å². The summed E-state index contributed by atoms with van der Waals surface area (Å²) in [5.41, 5.74) is -0.595. The highest BCUT2D eigenvalue weighted by molar-refractivity contribution is 9.14. The minimum atomic E-state index is -4.44. The lowest BCUT2D eigenvalue weighted by Gasteiger charge is -2.18. The van der Waals surface area contributed by atoms with Crippen LogP contribution in [0, 0.1) is 0 Å². The number of carbonyl (C=O) groups is 1. The van der Waals surface area contributed by atoms with Gasteiger partial charge >= 0.3 is 12.1 Å². The molecule has 1 aliphatic rings. The summed E-state index contributed by atoms with van der Waals surface area (Å²) in [6.07, 6.45) is -6.67. The Labute approximate surface area is 128 Å². The van der Waals surface area contributed by atoms with E-state index in [1.54, 1.807) is 0 Å². The summed E-state index contributed by atoms with van der Waals surface area (Å²) in [5.74, 6) is -0.646. The number of alkyl halides is 3. The Hall–Kier alpha value is -0.860. The number of rotatable bonds is 2. The van der Waals surface area contributed by atoms with Gasteiger partial charge in [-0.3, -0.25) is 0 Å². The molecule has 0 radical (unpaired) electrons. The van der Waals surface area contributed by atoms with E-state index in [9.17, 15) is 23.1 Å². The van der Waals surface area contributed by atoms with Gasteiger partial charge in [-0.2, -0.15) is 13.2 Å². The maximum absolute atomic E-state index is 12.4. The van der Waals surface area contributed by atoms with Crippen LogP contribution in [0.15, 0.2) is 33.2 Å². The quantitative estimate of drug-likeness (QED) is 0.749. The van der Waals surface area contributed by atoms with E-state index in [0.29, 0.717) is 4.48 Å². The van der Waals surface area contributed by atoms with Crippen molar-refractivity contribution in [1.82, 2.24) is 0 Å². The zero-order chi connectivity index (χ0) is 15.1. The van der Waals surface area contributed by atoms with Gasteiger partial charge in [-0.1, -0.05) is 12.1 Å². The van der Waals surface area contributed by atoms with Crippen LogP contribution in [0.5, 0.6) is 0 Å². The van der Waals surface area contributed by atoms with E-state index in [4.69, 9.17) is 4.74 Å². The van der Waals surface area contributed by atoms with Gasteiger partial charge in [0.25, 0.3) is 0 Å². The fourth-order valence-electron chi connectivity index (χ4n) is 1.69. The van der Waals surface area contributed by atoms with Crippen molar-refractivity contribution in [1.29, 1.82) is 0 Å². The van der Waals surface area contributed by atoms with Gasteiger partial charge in [0.15, 0.2) is 6.10 Å². The standard InChI is InChI=1S/C12H7Br2F3O3/c13-7-8(14)11(19)20-10(7)9(18)5-1-3-6(4-2-5)12(15,16)17/h1-4,9-10,18H/t9-,10?/m1/s1. The molecule has 1 unspecified atom stereocenters. The second-order valence-corrected chi connectivity index (χ2v) is 5.70. The lowest BCUT2D eigenvalue weighted by molar-refractivity contribution is -0.143. The maximum atomic E-state index is 12.4. The van der Waals surface area contributed by atoms with Crippen LogP contribution in [0.3, 0.4) is 0 Å². The van der Waals surface area contributed by atoms with Crippen molar-refractivity contribution in [2.45, 2.75) is 18.4 Å². The van der Waals surface area contributed by atoms with Gasteiger partial charge in [0, 0.05) is 0 Å². The number of aliphatic hydroxyl groups excluding tert-OH is 1. The van der Waals surface area contributed by atoms with Crippen LogP contribution in [0.2, 0.25) is 0 Å². The number of cyclic esters (lactones) is 1. The average Bonchev–Trinajstić information content (AvgIpc) is 2.65. The molecule has 2 atom stereocenters. The fraction of sp³-hybridized carbons (Fsp3) is 0.250. The van der Waals surface area contributed by atoms with Crippen LogP contribution in [0.4, 0.5) is 13.2 Å². The van der Waals surface area contributed by atoms with Crippen LogP contribution in [-0.4, -0.2) is 17.2 Å². The molecule has 1 aliphatic heterocycles. The Bertz CT molecular complexity index is 566. The van der Waals surface area contributed by atoms with Crippen molar-refractivity contribution in [3.8, 4) is 0 Å². The summed E-state index contributed by atoms with van der Waals surface area (Å²) in [6, 6.07) is 4.02. The van der Waals surface area contributed by atoms with Gasteiger partial charge in [-0.05, 0) is 49.6 Å². The number of ether oxygens (including phenoxy) is 1. The number of carbonyl (C=O) groups excluding carboxylic acids is 1. The molecule has 20 heavy (non-hydrogen) atoms. The molecule has 0 fully saturated rings. The third-order valence-electron chi connectivity index (χ3n) is 2.74. The van der Waals surface area contributed by atoms with E-state index in [-0.39, 0.29) is 10.0 Å². The van der Waals surface area contributed by atoms with Gasteiger partial charge in [0.05, 0.1) is 10.0 Å². The molecule has 8 heteroatoms. The van der Waals surface area contributed by atoms with Gasteiger partial charge in [-0.25, -0.2) is 4.79 Å². The first-order valence-electron chi connectivity index (χ1n) is 5.33. The zero-order valence-corrected chi connectivity index (χ0v) is 12.8. The predicted molar refractivity (Wildman–Crippen MR) is 71.2 cm³/mol. The first-order chi connectivity index (χ1) is 9.21. The van der Waals surface area contributed by atoms with Crippen molar-refractivity contribution in [2.24, 2.45) is 0 Å². The molecular weight excluding hydrogens is 409 g/mol. The number of hydrogen-bond donors (Lipinski definition) is 1. The van der Waals surface area contributed by atoms with E-state index in [1.807, 2.05) is 0 Å². The Balaban J connectivity index is 2.23. The molecule has 1 N–H and O–H groups in total. The van der Waals surface area contributed by atoms with Crippen molar-refractivity contribution in [3.63, 3.8) is 0 Å². The second kappa shape index (κ2) is 5.50. The molecule has 0 amide bonds. The number of halogens is 5. The van der Waals surface area contributed by atoms with Gasteiger partial charge in [0.1, 0.15) is 10.6 Å². The third kappa shape index (κ3) is 2.91. The summed E-state index contributed by atoms with van der Waals surface area (Å²) < 4.78 is 42.7. The summed E-state index contributed by atoms with van der Waals surface area (Å²) in [7, 11) is 0. The topological polar surface area (TPSA) is 46.5 Å². The first kappa shape index (κ1) is 15.5. The Morgan fingerprint density at radius 3 is 2.15 bits per heavy atom. The zero-order valence-electron chi connectivity index (χ0n) is 9.62. The largest absolute Gasteiger partial charge is 0.450 e. The van der Waals surface area contributed by atoms with Crippen LogP contribution >= 0.6 is 31.9 Å². The van der Waals surface area contributed by atoms with Crippen molar-refractivity contribution >= 4 is 37.8 Å². The predicted octanol–water partition coefficient (Wildman–Crippen LogP) is 3.67. The van der Waals surface area contributed by atoms with E-state index in [0.717, 1.165) is 24.3 Å². The maximum Gasteiger partial charge on any atom is 0.416 e. The van der Waals surface area contributed by atoms with Crippen LogP contribution in [0.25, 0.3) is 0 Å². The number of benzene rings is 1. The molecule has 0 saturated carbocycles. The van der Waals surface area contributed by atoms with E-state index in [2.05, 4.69) is 31.9 Å². The molecule has 1 aromatic rings. The average molecular weight is 416 g/mol. The second-order valence-electron chi connectivity index (χ2n) is 4.05. The normalized spacial score (nSPS) is 21.1. The highest BCUT2D eigenvalue weighted by Crippen LogP contribution is 2.38. The third-order valence-corrected chi connectivity index (χ3v) is 4.87. The van der Waals surface area contributed by atoms with E-state index < -0.39 is 29.9 Å². The molecule has 108 valence electrons. The highest BCUT2D eigenvalue weighted by Gasteiger charge is 2.37. The fourth-order valence-corrected chi connectivity index (χ4v) is 2.51. The molecule has 0 aliphatic carbocycles. The molecule has 1 aromatic carbocycles. The summed E-state index contributed by atoms with van der Waals surface area (Å²) in [6.45, 7) is 0. The number of aliphatic hydroxyl groups is 1. The molecule has 3 nitrogen and oxygen atoms in total. The van der Waals surface area contributed by atoms with Gasteiger partial charge in [-0.15, -0.1) is 0 Å². The van der Waals surface area contributed by atoms with Crippen LogP contribution in [-0.2, 0) is 15.7 Å². The monoisotopic (exact) mass is 414 g/mol. The van der Waals surface area contributed by atoms with Crippen LogP contribution < -0.4 is 0 Å². The van der Waals surface area contributed by atoms with Gasteiger partial charge < -0.3 is 9.84 Å². The summed E-state index contributed by atoms with van der Waals surface area (Å²) >= 11 is 6.09. The summed E-state index contributed by atoms with van der Waals surface area (Å²) in [5, 5.41) is 10.1. The molecule has 0 saturated heterocycles. The number of esters is 1. The van der Waals surface area contributed by atoms with Crippen LogP contribution in [0.1, 0.15) is 17.2 Å². The first-order valence-corrected chi connectivity index (χ1v) is 6.92. The molecule has 0 aromatic heterocycles. The lowest BCUT2D eigenvalue weighted by atomic mass is 10.0.